The molecule has 1 aliphatic carbocycles. The summed E-state index contributed by atoms with van der Waals surface area (Å²) in [6.07, 6.45) is 9.23. The number of nitrogens with zero attached hydrogens (tertiary/aromatic N) is 1. The van der Waals surface area contributed by atoms with Gasteiger partial charge in [-0.15, -0.1) is 0 Å². The van der Waals surface area contributed by atoms with Crippen LogP contribution in [0.3, 0.4) is 0 Å². The summed E-state index contributed by atoms with van der Waals surface area (Å²) in [6, 6.07) is 4.76. The van der Waals surface area contributed by atoms with Crippen LogP contribution in [0, 0.1) is 11.8 Å². The Balaban J connectivity index is 1.97. The second-order valence-corrected chi connectivity index (χ2v) is 5.73. The lowest BCUT2D eigenvalue weighted by Gasteiger charge is -2.33. The third kappa shape index (κ3) is 3.32. The van der Waals surface area contributed by atoms with Crippen LogP contribution >= 0.6 is 0 Å². The Morgan fingerprint density at radius 2 is 2.11 bits per heavy atom. The van der Waals surface area contributed by atoms with E-state index in [4.69, 9.17) is 5.73 Å². The Bertz CT molecular complexity index is 358. The largest absolute Gasteiger partial charge is 0.327 e. The van der Waals surface area contributed by atoms with Gasteiger partial charge in [-0.05, 0) is 55.6 Å². The topological polar surface area (TPSA) is 38.9 Å². The summed E-state index contributed by atoms with van der Waals surface area (Å²) in [5, 5.41) is 0. The molecule has 0 aliphatic heterocycles. The maximum Gasteiger partial charge on any atom is 0.0407 e. The molecule has 0 spiro atoms. The molecule has 1 saturated carbocycles. The molecule has 0 bridgehead atoms. The summed E-state index contributed by atoms with van der Waals surface area (Å²) in [4.78, 5) is 4.57. The summed E-state index contributed by atoms with van der Waals surface area (Å²) < 4.78 is 0. The van der Waals surface area contributed by atoms with Crippen molar-refractivity contribution in [2.75, 3.05) is 0 Å². The molecule has 2 nitrogen and oxygen atoms in total. The number of nitrogens with two attached hydrogens (primary N) is 1. The molecule has 100 valence electrons. The fourth-order valence-corrected chi connectivity index (χ4v) is 3.04. The zero-order valence-electron chi connectivity index (χ0n) is 11.7. The van der Waals surface area contributed by atoms with E-state index in [0.717, 1.165) is 18.8 Å². The van der Waals surface area contributed by atoms with Crippen LogP contribution in [0.5, 0.6) is 0 Å². The van der Waals surface area contributed by atoms with E-state index in [9.17, 15) is 0 Å². The highest BCUT2D eigenvalue weighted by molar-refractivity contribution is 5.14. The molecule has 1 aromatic heterocycles. The lowest BCUT2D eigenvalue weighted by atomic mass is 9.75. The van der Waals surface area contributed by atoms with Crippen molar-refractivity contribution in [1.82, 2.24) is 4.98 Å². The minimum absolute atomic E-state index is 0.375. The zero-order valence-corrected chi connectivity index (χ0v) is 11.7. The van der Waals surface area contributed by atoms with Gasteiger partial charge in [0.15, 0.2) is 0 Å². The van der Waals surface area contributed by atoms with Crippen molar-refractivity contribution in [2.45, 2.75) is 58.4 Å². The SMILES string of the molecule is CCc1ccc(CC2CC(CC)CCC2N)nc1. The van der Waals surface area contributed by atoms with Gasteiger partial charge in [0.2, 0.25) is 0 Å². The van der Waals surface area contributed by atoms with Gasteiger partial charge in [-0.2, -0.15) is 0 Å². The highest BCUT2D eigenvalue weighted by Crippen LogP contribution is 2.32. The molecule has 0 amide bonds. The monoisotopic (exact) mass is 246 g/mol. The molecular formula is C16H26N2. The van der Waals surface area contributed by atoms with E-state index < -0.39 is 0 Å². The van der Waals surface area contributed by atoms with E-state index in [2.05, 4.69) is 31.0 Å². The van der Waals surface area contributed by atoms with Crippen molar-refractivity contribution in [3.63, 3.8) is 0 Å². The average molecular weight is 246 g/mol. The first-order valence-corrected chi connectivity index (χ1v) is 7.42. The van der Waals surface area contributed by atoms with Crippen molar-refractivity contribution >= 4 is 0 Å². The molecule has 0 saturated heterocycles. The third-order valence-electron chi connectivity index (χ3n) is 4.49. The van der Waals surface area contributed by atoms with Crippen molar-refractivity contribution < 1.29 is 0 Å². The number of hydrogen-bond donors (Lipinski definition) is 1. The molecule has 0 radical (unpaired) electrons. The van der Waals surface area contributed by atoms with E-state index in [0.29, 0.717) is 12.0 Å². The molecular weight excluding hydrogens is 220 g/mol. The molecule has 0 aromatic carbocycles. The average Bonchev–Trinajstić information content (AvgIpc) is 2.42. The molecule has 1 aromatic rings. The molecule has 18 heavy (non-hydrogen) atoms. The van der Waals surface area contributed by atoms with Crippen LogP contribution < -0.4 is 5.73 Å². The lowest BCUT2D eigenvalue weighted by molar-refractivity contribution is 0.226. The van der Waals surface area contributed by atoms with Crippen molar-refractivity contribution in [3.8, 4) is 0 Å². The summed E-state index contributed by atoms with van der Waals surface area (Å²) in [7, 11) is 0. The van der Waals surface area contributed by atoms with Gasteiger partial charge < -0.3 is 5.73 Å². The molecule has 1 aliphatic rings. The molecule has 1 heterocycles. The second kappa shape index (κ2) is 6.33. The van der Waals surface area contributed by atoms with E-state index in [-0.39, 0.29) is 0 Å². The predicted octanol–water partition coefficient (Wildman–Crippen LogP) is 3.34. The van der Waals surface area contributed by atoms with Crippen LogP contribution in [0.2, 0.25) is 0 Å². The third-order valence-corrected chi connectivity index (χ3v) is 4.49. The standard InChI is InChI=1S/C16H26N2/c1-3-12-6-8-16(17)14(9-12)10-15-7-5-13(4-2)11-18-15/h5,7,11-12,14,16H,3-4,6,8-10,17H2,1-2H3. The van der Waals surface area contributed by atoms with Gasteiger partial charge in [-0.3, -0.25) is 4.98 Å². The van der Waals surface area contributed by atoms with Crippen molar-refractivity contribution in [3.05, 3.63) is 29.6 Å². The highest BCUT2D eigenvalue weighted by Gasteiger charge is 2.27. The highest BCUT2D eigenvalue weighted by atomic mass is 14.7. The number of rotatable bonds is 4. The van der Waals surface area contributed by atoms with E-state index in [1.807, 2.05) is 6.20 Å². The lowest BCUT2D eigenvalue weighted by Crippen LogP contribution is -2.37. The molecule has 2 rings (SSSR count). The predicted molar refractivity (Wildman–Crippen MR) is 76.4 cm³/mol. The fraction of sp³-hybridized carbons (Fsp3) is 0.688. The quantitative estimate of drug-likeness (QED) is 0.885. The van der Waals surface area contributed by atoms with Gasteiger partial charge in [0, 0.05) is 17.9 Å². The summed E-state index contributed by atoms with van der Waals surface area (Å²) >= 11 is 0. The van der Waals surface area contributed by atoms with Gasteiger partial charge in [0.25, 0.3) is 0 Å². The molecule has 2 heteroatoms. The fourth-order valence-electron chi connectivity index (χ4n) is 3.04. The van der Waals surface area contributed by atoms with E-state index in [1.165, 1.54) is 36.9 Å². The van der Waals surface area contributed by atoms with E-state index >= 15 is 0 Å². The zero-order chi connectivity index (χ0) is 13.0. The van der Waals surface area contributed by atoms with Crippen LogP contribution in [0.15, 0.2) is 18.3 Å². The molecule has 1 fully saturated rings. The summed E-state index contributed by atoms with van der Waals surface area (Å²) in [6.45, 7) is 4.46. The van der Waals surface area contributed by atoms with Crippen LogP contribution in [0.4, 0.5) is 0 Å². The molecule has 3 atom stereocenters. The first kappa shape index (κ1) is 13.5. The van der Waals surface area contributed by atoms with Gasteiger partial charge in [0.05, 0.1) is 0 Å². The molecule has 2 N–H and O–H groups in total. The number of aryl methyl sites for hydroxylation is 1. The van der Waals surface area contributed by atoms with Crippen LogP contribution in [-0.4, -0.2) is 11.0 Å². The smallest absolute Gasteiger partial charge is 0.0407 e. The minimum Gasteiger partial charge on any atom is -0.327 e. The maximum absolute atomic E-state index is 6.27. The summed E-state index contributed by atoms with van der Waals surface area (Å²) in [5.41, 5.74) is 8.80. The van der Waals surface area contributed by atoms with Gasteiger partial charge >= 0.3 is 0 Å². The first-order valence-electron chi connectivity index (χ1n) is 7.42. The Morgan fingerprint density at radius 1 is 1.28 bits per heavy atom. The number of hydrogen-bond acceptors (Lipinski definition) is 2. The van der Waals surface area contributed by atoms with Crippen molar-refractivity contribution in [1.29, 1.82) is 0 Å². The molecule has 3 unspecified atom stereocenters. The van der Waals surface area contributed by atoms with Crippen LogP contribution in [0.25, 0.3) is 0 Å². The Labute approximate surface area is 111 Å². The second-order valence-electron chi connectivity index (χ2n) is 5.73. The Morgan fingerprint density at radius 3 is 2.72 bits per heavy atom. The first-order chi connectivity index (χ1) is 8.72. The van der Waals surface area contributed by atoms with Crippen LogP contribution in [0.1, 0.15) is 50.8 Å². The van der Waals surface area contributed by atoms with Gasteiger partial charge in [-0.25, -0.2) is 0 Å². The summed E-state index contributed by atoms with van der Waals surface area (Å²) in [5.74, 6) is 1.51. The Hall–Kier alpha value is -0.890. The van der Waals surface area contributed by atoms with Crippen molar-refractivity contribution in [2.24, 2.45) is 17.6 Å². The minimum atomic E-state index is 0.375. The normalized spacial score (nSPS) is 28.3. The van der Waals surface area contributed by atoms with Crippen LogP contribution in [-0.2, 0) is 12.8 Å². The van der Waals surface area contributed by atoms with E-state index in [1.54, 1.807) is 0 Å². The number of aromatic nitrogens is 1. The number of pyridine rings is 1. The maximum atomic E-state index is 6.27. The van der Waals surface area contributed by atoms with Gasteiger partial charge in [-0.1, -0.05) is 26.3 Å². The van der Waals surface area contributed by atoms with Gasteiger partial charge in [0.1, 0.15) is 0 Å². The Kier molecular flexibility index (Phi) is 4.76.